The maximum atomic E-state index is 5.22. The second-order valence-electron chi connectivity index (χ2n) is 3.86. The Balaban J connectivity index is 3.20. The summed E-state index contributed by atoms with van der Waals surface area (Å²) in [4.78, 5) is 0. The van der Waals surface area contributed by atoms with E-state index in [1.54, 1.807) is 6.26 Å². The monoisotopic (exact) mass is 222 g/mol. The van der Waals surface area contributed by atoms with Gasteiger partial charge in [-0.2, -0.15) is 0 Å². The first kappa shape index (κ1) is 15.0. The van der Waals surface area contributed by atoms with Crippen molar-refractivity contribution in [3.63, 3.8) is 0 Å². The normalized spacial score (nSPS) is 12.1. The summed E-state index contributed by atoms with van der Waals surface area (Å²) in [5.41, 5.74) is 0. The zero-order valence-electron chi connectivity index (χ0n) is 10.8. The molecule has 0 saturated carbocycles. The summed E-state index contributed by atoms with van der Waals surface area (Å²) in [5, 5.41) is 0. The molecule has 1 nitrogen and oxygen atoms in total. The third-order valence-electron chi connectivity index (χ3n) is 2.32. The van der Waals surface area contributed by atoms with Crippen molar-refractivity contribution < 1.29 is 4.74 Å². The molecule has 0 aliphatic heterocycles. The SMILES string of the molecule is C/C=C/CO/C=C\C=C\CCCCCCC. The van der Waals surface area contributed by atoms with Crippen molar-refractivity contribution >= 4 is 0 Å². The van der Waals surface area contributed by atoms with Crippen molar-refractivity contribution in [2.24, 2.45) is 0 Å². The van der Waals surface area contributed by atoms with Gasteiger partial charge in [0.15, 0.2) is 0 Å². The van der Waals surface area contributed by atoms with Crippen LogP contribution in [0.15, 0.2) is 36.6 Å². The van der Waals surface area contributed by atoms with Crippen LogP contribution >= 0.6 is 0 Å². The molecule has 0 aromatic carbocycles. The van der Waals surface area contributed by atoms with Crippen LogP contribution < -0.4 is 0 Å². The fraction of sp³-hybridized carbons (Fsp3) is 0.600. The number of hydrogen-bond donors (Lipinski definition) is 0. The molecule has 0 radical (unpaired) electrons. The Bertz CT molecular complexity index is 201. The fourth-order valence-electron chi connectivity index (χ4n) is 1.35. The largest absolute Gasteiger partial charge is 0.497 e. The summed E-state index contributed by atoms with van der Waals surface area (Å²) in [6, 6.07) is 0. The van der Waals surface area contributed by atoms with E-state index in [0.717, 1.165) is 0 Å². The standard InChI is InChI=1S/C15H26O/c1-3-5-7-8-9-10-11-12-13-15-16-14-6-4-2/h4,6,11-13,15H,3,5,7-10,14H2,1-2H3/b6-4+,12-11+,15-13-. The highest BCUT2D eigenvalue weighted by Crippen LogP contribution is 2.05. The average molecular weight is 222 g/mol. The Hall–Kier alpha value is -0.980. The van der Waals surface area contributed by atoms with E-state index in [4.69, 9.17) is 4.74 Å². The van der Waals surface area contributed by atoms with E-state index >= 15 is 0 Å². The molecule has 0 N–H and O–H groups in total. The number of rotatable bonds is 10. The van der Waals surface area contributed by atoms with Crippen molar-refractivity contribution in [2.75, 3.05) is 6.61 Å². The van der Waals surface area contributed by atoms with Gasteiger partial charge in [-0.1, -0.05) is 56.9 Å². The molecular formula is C15H26O. The van der Waals surface area contributed by atoms with Crippen molar-refractivity contribution in [3.8, 4) is 0 Å². The predicted molar refractivity (Wildman–Crippen MR) is 72.4 cm³/mol. The van der Waals surface area contributed by atoms with Gasteiger partial charge in [-0.15, -0.1) is 0 Å². The Morgan fingerprint density at radius 1 is 0.938 bits per heavy atom. The molecule has 0 heterocycles. The van der Waals surface area contributed by atoms with Gasteiger partial charge in [0, 0.05) is 0 Å². The van der Waals surface area contributed by atoms with Crippen molar-refractivity contribution in [3.05, 3.63) is 36.6 Å². The molecule has 0 unspecified atom stereocenters. The van der Waals surface area contributed by atoms with E-state index < -0.39 is 0 Å². The number of hydrogen-bond acceptors (Lipinski definition) is 1. The lowest BCUT2D eigenvalue weighted by atomic mass is 10.1. The average Bonchev–Trinajstić information content (AvgIpc) is 2.31. The molecule has 0 atom stereocenters. The Morgan fingerprint density at radius 3 is 2.50 bits per heavy atom. The van der Waals surface area contributed by atoms with Crippen molar-refractivity contribution in [2.45, 2.75) is 52.4 Å². The van der Waals surface area contributed by atoms with Gasteiger partial charge in [0.25, 0.3) is 0 Å². The van der Waals surface area contributed by atoms with E-state index in [9.17, 15) is 0 Å². The molecule has 1 heteroatoms. The van der Waals surface area contributed by atoms with Crippen molar-refractivity contribution in [1.82, 2.24) is 0 Å². The summed E-state index contributed by atoms with van der Waals surface area (Å²) in [6.07, 6.45) is 19.9. The van der Waals surface area contributed by atoms with E-state index in [1.807, 2.05) is 25.2 Å². The maximum absolute atomic E-state index is 5.22. The minimum Gasteiger partial charge on any atom is -0.497 e. The van der Waals surface area contributed by atoms with Gasteiger partial charge in [-0.25, -0.2) is 0 Å². The third kappa shape index (κ3) is 13.0. The molecule has 0 saturated heterocycles. The highest BCUT2D eigenvalue weighted by molar-refractivity contribution is 4.99. The second-order valence-corrected chi connectivity index (χ2v) is 3.86. The van der Waals surface area contributed by atoms with Crippen LogP contribution in [0.1, 0.15) is 52.4 Å². The van der Waals surface area contributed by atoms with Gasteiger partial charge < -0.3 is 4.74 Å². The summed E-state index contributed by atoms with van der Waals surface area (Å²) in [7, 11) is 0. The summed E-state index contributed by atoms with van der Waals surface area (Å²) in [6.45, 7) is 4.90. The van der Waals surface area contributed by atoms with Gasteiger partial charge in [-0.05, 0) is 25.8 Å². The Labute approximate surface area is 101 Å². The first-order valence-corrected chi connectivity index (χ1v) is 6.46. The first-order valence-electron chi connectivity index (χ1n) is 6.46. The smallest absolute Gasteiger partial charge is 0.105 e. The lowest BCUT2D eigenvalue weighted by Gasteiger charge is -1.95. The molecule has 0 spiro atoms. The molecule has 0 rings (SSSR count). The van der Waals surface area contributed by atoms with E-state index in [0.29, 0.717) is 6.61 Å². The molecule has 16 heavy (non-hydrogen) atoms. The van der Waals surface area contributed by atoms with Crippen LogP contribution in [0.25, 0.3) is 0 Å². The Morgan fingerprint density at radius 2 is 1.75 bits per heavy atom. The molecule has 0 aromatic heterocycles. The number of allylic oxidation sites excluding steroid dienone is 4. The van der Waals surface area contributed by atoms with Crippen LogP contribution in [0, 0.1) is 0 Å². The summed E-state index contributed by atoms with van der Waals surface area (Å²) in [5.74, 6) is 0. The lowest BCUT2D eigenvalue weighted by molar-refractivity contribution is 0.289. The fourth-order valence-corrected chi connectivity index (χ4v) is 1.35. The molecule has 92 valence electrons. The quantitative estimate of drug-likeness (QED) is 0.218. The molecular weight excluding hydrogens is 196 g/mol. The van der Waals surface area contributed by atoms with Crippen LogP contribution in [0.3, 0.4) is 0 Å². The van der Waals surface area contributed by atoms with Gasteiger partial charge in [-0.3, -0.25) is 0 Å². The second kappa shape index (κ2) is 14.0. The van der Waals surface area contributed by atoms with Crippen LogP contribution in [-0.2, 0) is 4.74 Å². The van der Waals surface area contributed by atoms with Gasteiger partial charge in [0.05, 0.1) is 6.26 Å². The highest BCUT2D eigenvalue weighted by atomic mass is 16.5. The zero-order chi connectivity index (χ0) is 11.9. The minimum absolute atomic E-state index is 0.665. The van der Waals surface area contributed by atoms with Crippen LogP contribution in [0.4, 0.5) is 0 Å². The summed E-state index contributed by atoms with van der Waals surface area (Å²) >= 11 is 0. The summed E-state index contributed by atoms with van der Waals surface area (Å²) < 4.78 is 5.22. The maximum Gasteiger partial charge on any atom is 0.105 e. The van der Waals surface area contributed by atoms with Gasteiger partial charge >= 0.3 is 0 Å². The van der Waals surface area contributed by atoms with Crippen LogP contribution in [-0.4, -0.2) is 6.61 Å². The van der Waals surface area contributed by atoms with Gasteiger partial charge in [0.1, 0.15) is 6.61 Å². The molecule has 0 amide bonds. The topological polar surface area (TPSA) is 9.23 Å². The first-order chi connectivity index (χ1) is 7.91. The Kier molecular flexibility index (Phi) is 13.2. The number of unbranched alkanes of at least 4 members (excludes halogenated alkanes) is 5. The molecule has 0 aliphatic rings. The molecule has 0 aliphatic carbocycles. The molecule has 0 fully saturated rings. The predicted octanol–water partition coefficient (Wildman–Crippen LogP) is 5.01. The minimum atomic E-state index is 0.665. The van der Waals surface area contributed by atoms with E-state index in [2.05, 4.69) is 19.1 Å². The zero-order valence-corrected chi connectivity index (χ0v) is 10.8. The number of ether oxygens (including phenoxy) is 1. The lowest BCUT2D eigenvalue weighted by Crippen LogP contribution is -1.78. The van der Waals surface area contributed by atoms with Crippen LogP contribution in [0.2, 0.25) is 0 Å². The van der Waals surface area contributed by atoms with Crippen LogP contribution in [0.5, 0.6) is 0 Å². The van der Waals surface area contributed by atoms with Crippen molar-refractivity contribution in [1.29, 1.82) is 0 Å². The molecule has 0 aromatic rings. The third-order valence-corrected chi connectivity index (χ3v) is 2.32. The highest BCUT2D eigenvalue weighted by Gasteiger charge is 1.85. The van der Waals surface area contributed by atoms with E-state index in [1.165, 1.54) is 38.5 Å². The molecule has 0 bridgehead atoms. The van der Waals surface area contributed by atoms with Gasteiger partial charge in [0.2, 0.25) is 0 Å². The van der Waals surface area contributed by atoms with E-state index in [-0.39, 0.29) is 0 Å².